The van der Waals surface area contributed by atoms with E-state index >= 15 is 0 Å². The summed E-state index contributed by atoms with van der Waals surface area (Å²) >= 11 is 8.30. The van der Waals surface area contributed by atoms with Gasteiger partial charge in [0.05, 0.1) is 8.66 Å². The minimum atomic E-state index is 0.0458. The molecule has 1 amide bonds. The Kier molecular flexibility index (Phi) is 5.27. The summed E-state index contributed by atoms with van der Waals surface area (Å²) in [6, 6.07) is 2.15. The summed E-state index contributed by atoms with van der Waals surface area (Å²) in [7, 11) is 0. The minimum absolute atomic E-state index is 0.0458. The fraction of sp³-hybridized carbons (Fsp3) is 0.615. The van der Waals surface area contributed by atoms with Crippen molar-refractivity contribution in [3.05, 3.63) is 19.2 Å². The number of hydrogen-bond donors (Lipinski definition) is 1. The molecule has 1 aliphatic rings. The van der Waals surface area contributed by atoms with E-state index in [1.54, 1.807) is 0 Å². The van der Waals surface area contributed by atoms with Crippen molar-refractivity contribution in [3.8, 4) is 0 Å². The first-order valence-corrected chi connectivity index (χ1v) is 8.74. The van der Waals surface area contributed by atoms with Gasteiger partial charge < -0.3 is 5.32 Å². The largest absolute Gasteiger partial charge is 0.349 e. The van der Waals surface area contributed by atoms with Crippen LogP contribution in [0.5, 0.6) is 0 Å². The topological polar surface area (TPSA) is 29.1 Å². The van der Waals surface area contributed by atoms with Crippen molar-refractivity contribution >= 4 is 49.1 Å². The lowest BCUT2D eigenvalue weighted by Gasteiger charge is -2.28. The number of amides is 1. The lowest BCUT2D eigenvalue weighted by Crippen LogP contribution is -2.38. The van der Waals surface area contributed by atoms with Crippen LogP contribution in [-0.4, -0.2) is 11.9 Å². The minimum Gasteiger partial charge on any atom is -0.349 e. The second kappa shape index (κ2) is 6.53. The van der Waals surface area contributed by atoms with Gasteiger partial charge in [0.15, 0.2) is 0 Å². The lowest BCUT2D eigenvalue weighted by molar-refractivity contribution is 0.0923. The molecule has 1 saturated carbocycles. The summed E-state index contributed by atoms with van der Waals surface area (Å²) in [4.78, 5) is 12.9. The van der Waals surface area contributed by atoms with E-state index in [0.717, 1.165) is 13.1 Å². The average Bonchev–Trinajstić information content (AvgIpc) is 2.71. The van der Waals surface area contributed by atoms with Crippen LogP contribution in [0.15, 0.2) is 14.3 Å². The molecule has 1 aliphatic carbocycles. The van der Waals surface area contributed by atoms with Crippen molar-refractivity contribution in [1.82, 2.24) is 5.32 Å². The molecular formula is C13H17Br2NOS. The molecule has 0 radical (unpaired) electrons. The van der Waals surface area contributed by atoms with E-state index in [-0.39, 0.29) is 11.9 Å². The summed E-state index contributed by atoms with van der Waals surface area (Å²) in [5.74, 6) is 0.694. The Morgan fingerprint density at radius 1 is 1.39 bits per heavy atom. The Hall–Kier alpha value is 0.130. The van der Waals surface area contributed by atoms with Gasteiger partial charge in [0, 0.05) is 10.5 Å². The second-order valence-corrected chi connectivity index (χ2v) is 8.12. The van der Waals surface area contributed by atoms with E-state index in [4.69, 9.17) is 0 Å². The molecule has 1 N–H and O–H groups in total. The predicted octanol–water partition coefficient (Wildman–Crippen LogP) is 4.97. The van der Waals surface area contributed by atoms with Gasteiger partial charge in [-0.2, -0.15) is 0 Å². The van der Waals surface area contributed by atoms with Gasteiger partial charge in [-0.25, -0.2) is 0 Å². The van der Waals surface area contributed by atoms with Crippen LogP contribution in [0, 0.1) is 5.92 Å². The molecule has 100 valence electrons. The first-order valence-electron chi connectivity index (χ1n) is 6.33. The van der Waals surface area contributed by atoms with E-state index in [2.05, 4.69) is 44.1 Å². The molecule has 1 unspecified atom stereocenters. The fourth-order valence-corrected chi connectivity index (χ4v) is 4.43. The molecule has 2 rings (SSSR count). The molecule has 0 aromatic carbocycles. The summed E-state index contributed by atoms with van der Waals surface area (Å²) in [5, 5.41) is 3.14. The predicted molar refractivity (Wildman–Crippen MR) is 83.2 cm³/mol. The third-order valence-corrected chi connectivity index (χ3v) is 6.84. The molecule has 1 aromatic rings. The molecule has 1 fully saturated rings. The van der Waals surface area contributed by atoms with E-state index in [9.17, 15) is 4.79 Å². The van der Waals surface area contributed by atoms with Gasteiger partial charge in [-0.15, -0.1) is 11.3 Å². The Morgan fingerprint density at radius 2 is 2.06 bits per heavy atom. The highest BCUT2D eigenvalue weighted by Gasteiger charge is 2.22. The van der Waals surface area contributed by atoms with Crippen molar-refractivity contribution < 1.29 is 4.79 Å². The number of rotatable bonds is 3. The van der Waals surface area contributed by atoms with E-state index < -0.39 is 0 Å². The van der Waals surface area contributed by atoms with Crippen LogP contribution in [0.3, 0.4) is 0 Å². The van der Waals surface area contributed by atoms with Crippen LogP contribution in [0.2, 0.25) is 0 Å². The average molecular weight is 395 g/mol. The number of halogens is 2. The van der Waals surface area contributed by atoms with Crippen molar-refractivity contribution in [2.24, 2.45) is 5.92 Å². The molecule has 0 spiro atoms. The molecule has 1 aromatic heterocycles. The van der Waals surface area contributed by atoms with Gasteiger partial charge in [0.25, 0.3) is 5.91 Å². The molecule has 5 heteroatoms. The monoisotopic (exact) mass is 393 g/mol. The molecule has 0 bridgehead atoms. The Balaban J connectivity index is 1.93. The number of carbonyl (C=O) groups excluding carboxylic acids is 1. The van der Waals surface area contributed by atoms with Gasteiger partial charge in [-0.05, 0) is 63.6 Å². The van der Waals surface area contributed by atoms with Crippen LogP contribution in [0.25, 0.3) is 0 Å². The van der Waals surface area contributed by atoms with Gasteiger partial charge in [-0.3, -0.25) is 4.79 Å². The van der Waals surface area contributed by atoms with Crippen molar-refractivity contribution in [3.63, 3.8) is 0 Å². The SMILES string of the molecule is CC(NC(=O)c1cc(Br)c(Br)s1)C1CCCCC1. The van der Waals surface area contributed by atoms with Crippen molar-refractivity contribution in [2.45, 2.75) is 45.1 Å². The van der Waals surface area contributed by atoms with E-state index in [1.807, 2.05) is 6.07 Å². The highest BCUT2D eigenvalue weighted by molar-refractivity contribution is 9.13. The van der Waals surface area contributed by atoms with E-state index in [1.165, 1.54) is 43.4 Å². The maximum absolute atomic E-state index is 12.1. The van der Waals surface area contributed by atoms with Crippen LogP contribution in [-0.2, 0) is 0 Å². The molecule has 1 atom stereocenters. The first-order chi connectivity index (χ1) is 8.58. The lowest BCUT2D eigenvalue weighted by atomic mass is 9.84. The van der Waals surface area contributed by atoms with Gasteiger partial charge >= 0.3 is 0 Å². The number of hydrogen-bond acceptors (Lipinski definition) is 2. The zero-order chi connectivity index (χ0) is 13.1. The van der Waals surface area contributed by atoms with Gasteiger partial charge in [-0.1, -0.05) is 19.3 Å². The number of nitrogens with one attached hydrogen (secondary N) is 1. The smallest absolute Gasteiger partial charge is 0.261 e. The zero-order valence-corrected chi connectivity index (χ0v) is 14.3. The normalized spacial score (nSPS) is 18.6. The standard InChI is InChI=1S/C13H17Br2NOS/c1-8(9-5-3-2-4-6-9)16-13(17)11-7-10(14)12(15)18-11/h7-9H,2-6H2,1H3,(H,16,17). The summed E-state index contributed by atoms with van der Waals surface area (Å²) < 4.78 is 1.92. The first kappa shape index (κ1) is 14.5. The summed E-state index contributed by atoms with van der Waals surface area (Å²) in [6.45, 7) is 2.13. The van der Waals surface area contributed by atoms with Crippen LogP contribution in [0.1, 0.15) is 48.7 Å². The maximum atomic E-state index is 12.1. The van der Waals surface area contributed by atoms with Crippen LogP contribution < -0.4 is 5.32 Å². The third-order valence-electron chi connectivity index (χ3n) is 3.58. The summed E-state index contributed by atoms with van der Waals surface area (Å²) in [5.41, 5.74) is 0. The Labute approximate surface area is 129 Å². The molecule has 0 aliphatic heterocycles. The number of thiophene rings is 1. The highest BCUT2D eigenvalue weighted by Crippen LogP contribution is 2.32. The fourth-order valence-electron chi connectivity index (χ4n) is 2.49. The molecule has 18 heavy (non-hydrogen) atoms. The molecule has 0 saturated heterocycles. The van der Waals surface area contributed by atoms with Gasteiger partial charge in [0.1, 0.15) is 0 Å². The Bertz CT molecular complexity index is 407. The third kappa shape index (κ3) is 3.58. The number of carbonyl (C=O) groups is 1. The van der Waals surface area contributed by atoms with Gasteiger partial charge in [0.2, 0.25) is 0 Å². The van der Waals surface area contributed by atoms with Crippen molar-refractivity contribution in [2.75, 3.05) is 0 Å². The van der Waals surface area contributed by atoms with E-state index in [0.29, 0.717) is 5.92 Å². The molecule has 1 heterocycles. The zero-order valence-electron chi connectivity index (χ0n) is 10.3. The van der Waals surface area contributed by atoms with Crippen LogP contribution >= 0.6 is 43.2 Å². The Morgan fingerprint density at radius 3 is 2.61 bits per heavy atom. The highest BCUT2D eigenvalue weighted by atomic mass is 79.9. The summed E-state index contributed by atoms with van der Waals surface area (Å²) in [6.07, 6.45) is 6.46. The molecule has 2 nitrogen and oxygen atoms in total. The van der Waals surface area contributed by atoms with Crippen molar-refractivity contribution in [1.29, 1.82) is 0 Å². The molecular weight excluding hydrogens is 378 g/mol. The quantitative estimate of drug-likeness (QED) is 0.770. The second-order valence-electron chi connectivity index (χ2n) is 4.89. The van der Waals surface area contributed by atoms with Crippen LogP contribution in [0.4, 0.5) is 0 Å². The maximum Gasteiger partial charge on any atom is 0.261 e.